The van der Waals surface area contributed by atoms with Crippen LogP contribution in [0.1, 0.15) is 17.5 Å². The zero-order valence-corrected chi connectivity index (χ0v) is 10.8. The van der Waals surface area contributed by atoms with Crippen molar-refractivity contribution in [1.29, 1.82) is 0 Å². The summed E-state index contributed by atoms with van der Waals surface area (Å²) in [6.45, 7) is 0.590. The molecule has 0 aliphatic rings. The number of hydrogen-bond acceptors (Lipinski definition) is 1. The second-order valence-electron chi connectivity index (χ2n) is 4.03. The van der Waals surface area contributed by atoms with E-state index in [9.17, 15) is 0 Å². The number of benzene rings is 2. The predicted octanol–water partition coefficient (Wildman–Crippen LogP) is 4.38. The van der Waals surface area contributed by atoms with E-state index in [-0.39, 0.29) is 0 Å². The van der Waals surface area contributed by atoms with E-state index < -0.39 is 0 Å². The molecule has 0 N–H and O–H groups in total. The second kappa shape index (κ2) is 7.93. The first-order valence-electron chi connectivity index (χ1n) is 6.32. The summed E-state index contributed by atoms with van der Waals surface area (Å²) in [7, 11) is 0. The maximum Gasteiger partial charge on any atom is 0.161 e. The minimum Gasteiger partial charge on any atom is -0.489 e. The Morgan fingerprint density at radius 1 is 0.789 bits per heavy atom. The van der Waals surface area contributed by atoms with Gasteiger partial charge in [-0.2, -0.15) is 0 Å². The van der Waals surface area contributed by atoms with Crippen LogP contribution in [0.5, 0.6) is 0 Å². The summed E-state index contributed by atoms with van der Waals surface area (Å²) in [5.41, 5.74) is 2.25. The summed E-state index contributed by atoms with van der Waals surface area (Å²) in [5.74, 6) is 0. The molecule has 0 bridgehead atoms. The summed E-state index contributed by atoms with van der Waals surface area (Å²) >= 11 is 0. The van der Waals surface area contributed by atoms with Gasteiger partial charge in [0.25, 0.3) is 0 Å². The van der Waals surface area contributed by atoms with E-state index in [1.807, 2.05) is 60.7 Å². The van der Waals surface area contributed by atoms with Gasteiger partial charge in [0.1, 0.15) is 0 Å². The molecule has 1 nitrogen and oxygen atoms in total. The minimum atomic E-state index is 0.590. The number of hydrogen-bond donors (Lipinski definition) is 0. The minimum absolute atomic E-state index is 0.590. The first kappa shape index (κ1) is 13.2. The van der Waals surface area contributed by atoms with Crippen LogP contribution >= 0.6 is 0 Å². The van der Waals surface area contributed by atoms with Gasteiger partial charge in [-0.1, -0.05) is 66.7 Å². The van der Waals surface area contributed by atoms with E-state index in [0.717, 1.165) is 17.5 Å². The van der Waals surface area contributed by atoms with Gasteiger partial charge in [0.2, 0.25) is 0 Å². The monoisotopic (exact) mass is 248 g/mol. The molecular weight excluding hydrogens is 232 g/mol. The summed E-state index contributed by atoms with van der Waals surface area (Å²) in [5, 5.41) is 0. The van der Waals surface area contributed by atoms with Gasteiger partial charge in [-0.25, -0.2) is 0 Å². The maximum absolute atomic E-state index is 5.29. The van der Waals surface area contributed by atoms with Gasteiger partial charge in [0.05, 0.1) is 6.61 Å². The molecule has 0 unspecified atom stereocenters. The van der Waals surface area contributed by atoms with Crippen LogP contribution in [0.2, 0.25) is 0 Å². The van der Waals surface area contributed by atoms with Crippen LogP contribution in [-0.2, 0) is 4.74 Å². The van der Waals surface area contributed by atoms with Gasteiger partial charge >= 0.3 is 0 Å². The van der Waals surface area contributed by atoms with Crippen molar-refractivity contribution in [3.63, 3.8) is 0 Å². The van der Waals surface area contributed by atoms with Crippen molar-refractivity contribution in [1.82, 2.24) is 0 Å². The van der Waals surface area contributed by atoms with Crippen LogP contribution in [0.15, 0.2) is 60.7 Å². The SMILES string of the molecule is [C](=Cc1ccccc1)CCO[C]=Cc1ccccc1. The molecule has 0 saturated heterocycles. The molecule has 2 rings (SSSR count). The fourth-order valence-electron chi connectivity index (χ4n) is 1.57. The third-order valence-electron chi connectivity index (χ3n) is 2.53. The zero-order chi connectivity index (χ0) is 13.2. The lowest BCUT2D eigenvalue weighted by atomic mass is 10.2. The van der Waals surface area contributed by atoms with Crippen LogP contribution < -0.4 is 0 Å². The summed E-state index contributed by atoms with van der Waals surface area (Å²) in [4.78, 5) is 0. The molecule has 0 saturated carbocycles. The molecule has 0 fully saturated rings. The lowest BCUT2D eigenvalue weighted by molar-refractivity contribution is 0.236. The Morgan fingerprint density at radius 2 is 1.37 bits per heavy atom. The van der Waals surface area contributed by atoms with Crippen molar-refractivity contribution in [3.05, 3.63) is 84.1 Å². The van der Waals surface area contributed by atoms with Crippen LogP contribution in [-0.4, -0.2) is 6.61 Å². The largest absolute Gasteiger partial charge is 0.489 e. The van der Waals surface area contributed by atoms with E-state index in [0.29, 0.717) is 6.61 Å². The van der Waals surface area contributed by atoms with Crippen LogP contribution in [0.25, 0.3) is 12.2 Å². The molecule has 2 aromatic carbocycles. The van der Waals surface area contributed by atoms with Crippen molar-refractivity contribution in [2.45, 2.75) is 6.42 Å². The molecule has 0 aromatic heterocycles. The van der Waals surface area contributed by atoms with E-state index in [1.165, 1.54) is 0 Å². The van der Waals surface area contributed by atoms with Gasteiger partial charge in [0, 0.05) is 6.42 Å². The highest BCUT2D eigenvalue weighted by Crippen LogP contribution is 2.02. The third kappa shape index (κ3) is 5.26. The molecule has 1 heteroatoms. The zero-order valence-electron chi connectivity index (χ0n) is 10.8. The molecule has 2 radical (unpaired) electrons. The fourth-order valence-corrected chi connectivity index (χ4v) is 1.57. The van der Waals surface area contributed by atoms with Gasteiger partial charge in [0.15, 0.2) is 6.26 Å². The van der Waals surface area contributed by atoms with Crippen molar-refractivity contribution in [2.24, 2.45) is 0 Å². The molecule has 0 spiro atoms. The van der Waals surface area contributed by atoms with E-state index in [4.69, 9.17) is 4.74 Å². The van der Waals surface area contributed by atoms with Gasteiger partial charge < -0.3 is 4.74 Å². The quantitative estimate of drug-likeness (QED) is 0.544. The Kier molecular flexibility index (Phi) is 5.49. The highest BCUT2D eigenvalue weighted by atomic mass is 16.5. The number of ether oxygens (including phenoxy) is 1. The van der Waals surface area contributed by atoms with E-state index in [1.54, 1.807) is 0 Å². The smallest absolute Gasteiger partial charge is 0.161 e. The van der Waals surface area contributed by atoms with Gasteiger partial charge in [-0.3, -0.25) is 0 Å². The van der Waals surface area contributed by atoms with Crippen LogP contribution in [0.4, 0.5) is 0 Å². The number of rotatable bonds is 6. The topological polar surface area (TPSA) is 9.23 Å². The Labute approximate surface area is 114 Å². The molecule has 19 heavy (non-hydrogen) atoms. The average molecular weight is 248 g/mol. The third-order valence-corrected chi connectivity index (χ3v) is 2.53. The van der Waals surface area contributed by atoms with Crippen molar-refractivity contribution in [3.8, 4) is 0 Å². The summed E-state index contributed by atoms with van der Waals surface area (Å²) in [6.07, 6.45) is 10.6. The van der Waals surface area contributed by atoms with Crippen molar-refractivity contribution < 1.29 is 4.74 Å². The predicted molar refractivity (Wildman–Crippen MR) is 78.9 cm³/mol. The summed E-state index contributed by atoms with van der Waals surface area (Å²) in [6, 6.07) is 20.1. The second-order valence-corrected chi connectivity index (χ2v) is 4.03. The molecular formula is C18H16O. The average Bonchev–Trinajstić information content (AvgIpc) is 2.48. The van der Waals surface area contributed by atoms with Crippen molar-refractivity contribution in [2.75, 3.05) is 6.61 Å². The maximum atomic E-state index is 5.29. The Bertz CT molecular complexity index is 462. The highest BCUT2D eigenvalue weighted by Gasteiger charge is 1.86. The van der Waals surface area contributed by atoms with Crippen molar-refractivity contribution >= 4 is 12.2 Å². The lowest BCUT2D eigenvalue weighted by Crippen LogP contribution is -1.85. The molecule has 0 heterocycles. The van der Waals surface area contributed by atoms with Crippen LogP contribution in [0, 0.1) is 12.3 Å². The fraction of sp³-hybridized carbons (Fsp3) is 0.111. The molecule has 0 amide bonds. The first-order chi connectivity index (χ1) is 9.45. The van der Waals surface area contributed by atoms with E-state index >= 15 is 0 Å². The Balaban J connectivity index is 1.65. The van der Waals surface area contributed by atoms with E-state index in [2.05, 4.69) is 24.5 Å². The highest BCUT2D eigenvalue weighted by molar-refractivity contribution is 5.47. The standard InChI is InChI=1S/C18H16O/c1-3-9-17(10-4-1)13-7-8-15-19-16-14-18-11-5-2-6-12-18/h1-6,9-14H,8,15H2. The van der Waals surface area contributed by atoms with Crippen LogP contribution in [0.3, 0.4) is 0 Å². The molecule has 2 aromatic rings. The summed E-state index contributed by atoms with van der Waals surface area (Å²) < 4.78 is 5.29. The molecule has 0 aliphatic heterocycles. The Morgan fingerprint density at radius 3 is 2.00 bits per heavy atom. The molecule has 94 valence electrons. The van der Waals surface area contributed by atoms with Gasteiger partial charge in [-0.05, 0) is 23.3 Å². The molecule has 0 atom stereocenters. The first-order valence-corrected chi connectivity index (χ1v) is 6.32. The lowest BCUT2D eigenvalue weighted by Gasteiger charge is -1.95. The normalized spacial score (nSPS) is 11.2. The van der Waals surface area contributed by atoms with Gasteiger partial charge in [-0.15, -0.1) is 0 Å². The molecule has 0 aliphatic carbocycles. The Hall–Kier alpha value is -2.28.